The van der Waals surface area contributed by atoms with Crippen molar-refractivity contribution in [1.29, 1.82) is 0 Å². The molecule has 28 heavy (non-hydrogen) atoms. The van der Waals surface area contributed by atoms with E-state index in [9.17, 15) is 14.4 Å². The van der Waals surface area contributed by atoms with E-state index in [1.807, 2.05) is 0 Å². The van der Waals surface area contributed by atoms with Crippen LogP contribution in [0.25, 0.3) is 10.2 Å². The highest BCUT2D eigenvalue weighted by Gasteiger charge is 2.27. The summed E-state index contributed by atoms with van der Waals surface area (Å²) in [4.78, 5) is 47.1. The number of carbonyl (C=O) groups excluding carboxylic acids is 2. The van der Waals surface area contributed by atoms with E-state index in [4.69, 9.17) is 9.47 Å². The Hall–Kier alpha value is -2.26. The molecule has 0 bridgehead atoms. The Morgan fingerprint density at radius 3 is 2.75 bits per heavy atom. The maximum absolute atomic E-state index is 12.6. The minimum atomic E-state index is -0.433. The molecule has 0 aromatic carbocycles. The van der Waals surface area contributed by atoms with E-state index in [0.29, 0.717) is 46.2 Å². The second-order valence-corrected chi connectivity index (χ2v) is 7.79. The smallest absolute Gasteiger partial charge is 0.348 e. The lowest BCUT2D eigenvalue weighted by molar-refractivity contribution is -0.150. The van der Waals surface area contributed by atoms with Crippen LogP contribution in [-0.4, -0.2) is 53.1 Å². The van der Waals surface area contributed by atoms with Crippen LogP contribution in [0.5, 0.6) is 0 Å². The van der Waals surface area contributed by atoms with Gasteiger partial charge in [-0.15, -0.1) is 11.3 Å². The SMILES string of the molecule is CCOC(=O)c1sc2nc(CN3CCC[C@@H](C(=O)OCC)C3)[nH]c(=O)c2c1C. The zero-order chi connectivity index (χ0) is 20.3. The molecule has 1 N–H and O–H groups in total. The summed E-state index contributed by atoms with van der Waals surface area (Å²) in [5, 5.41) is 0.430. The lowest BCUT2D eigenvalue weighted by Crippen LogP contribution is -2.39. The van der Waals surface area contributed by atoms with Crippen LogP contribution in [0.4, 0.5) is 0 Å². The summed E-state index contributed by atoms with van der Waals surface area (Å²) in [6, 6.07) is 0. The third-order valence-electron chi connectivity index (χ3n) is 4.81. The average molecular weight is 407 g/mol. The molecular formula is C19H25N3O5S. The van der Waals surface area contributed by atoms with Crippen molar-refractivity contribution in [3.8, 4) is 0 Å². The Labute approximate surface area is 166 Å². The molecule has 3 heterocycles. The summed E-state index contributed by atoms with van der Waals surface area (Å²) in [6.45, 7) is 7.78. The minimum absolute atomic E-state index is 0.149. The molecule has 2 aromatic heterocycles. The summed E-state index contributed by atoms with van der Waals surface area (Å²) in [6.07, 6.45) is 1.70. The standard InChI is InChI=1S/C19H25N3O5S/c1-4-26-18(24)12-7-6-8-22(9-12)10-13-20-16(23)14-11(3)15(19(25)27-5-2)28-17(14)21-13/h12H,4-10H2,1-3H3,(H,20,21,23)/t12-/m1/s1. The van der Waals surface area contributed by atoms with Gasteiger partial charge in [-0.1, -0.05) is 0 Å². The van der Waals surface area contributed by atoms with Crippen molar-refractivity contribution in [3.05, 3.63) is 26.6 Å². The number of piperidine rings is 1. The second-order valence-electron chi connectivity index (χ2n) is 6.80. The van der Waals surface area contributed by atoms with Crippen LogP contribution >= 0.6 is 11.3 Å². The number of esters is 2. The van der Waals surface area contributed by atoms with Crippen LogP contribution in [0.3, 0.4) is 0 Å². The van der Waals surface area contributed by atoms with Gasteiger partial charge in [0.1, 0.15) is 15.5 Å². The van der Waals surface area contributed by atoms with Crippen LogP contribution < -0.4 is 5.56 Å². The summed E-state index contributed by atoms with van der Waals surface area (Å²) in [5.74, 6) is -0.225. The van der Waals surface area contributed by atoms with Crippen molar-refractivity contribution in [2.45, 2.75) is 40.2 Å². The van der Waals surface area contributed by atoms with Crippen LogP contribution in [0.2, 0.25) is 0 Å². The first-order chi connectivity index (χ1) is 13.4. The molecule has 1 saturated heterocycles. The number of thiophene rings is 1. The van der Waals surface area contributed by atoms with Crippen LogP contribution in [0.1, 0.15) is 47.7 Å². The first kappa shape index (κ1) is 20.5. The topological polar surface area (TPSA) is 102 Å². The molecule has 152 valence electrons. The lowest BCUT2D eigenvalue weighted by Gasteiger charge is -2.30. The van der Waals surface area contributed by atoms with E-state index >= 15 is 0 Å². The first-order valence-corrected chi connectivity index (χ1v) is 10.3. The number of aromatic nitrogens is 2. The molecule has 0 aliphatic carbocycles. The molecule has 0 spiro atoms. The van der Waals surface area contributed by atoms with E-state index in [-0.39, 0.29) is 24.1 Å². The zero-order valence-electron chi connectivity index (χ0n) is 16.4. The predicted molar refractivity (Wildman–Crippen MR) is 106 cm³/mol. The Kier molecular flexibility index (Phi) is 6.46. The van der Waals surface area contributed by atoms with Crippen LogP contribution in [0, 0.1) is 12.8 Å². The fraction of sp³-hybridized carbons (Fsp3) is 0.579. The van der Waals surface area contributed by atoms with Gasteiger partial charge < -0.3 is 14.5 Å². The third kappa shape index (κ3) is 4.25. The molecule has 0 radical (unpaired) electrons. The number of nitrogens with one attached hydrogen (secondary N) is 1. The molecule has 1 fully saturated rings. The Bertz CT molecular complexity index is 936. The summed E-state index contributed by atoms with van der Waals surface area (Å²) < 4.78 is 10.2. The number of carbonyl (C=O) groups is 2. The van der Waals surface area contributed by atoms with Gasteiger partial charge in [-0.3, -0.25) is 14.5 Å². The van der Waals surface area contributed by atoms with Gasteiger partial charge in [0.05, 0.1) is 31.1 Å². The van der Waals surface area contributed by atoms with Gasteiger partial charge in [0.2, 0.25) is 0 Å². The van der Waals surface area contributed by atoms with E-state index in [2.05, 4.69) is 14.9 Å². The van der Waals surface area contributed by atoms with Crippen LogP contribution in [0.15, 0.2) is 4.79 Å². The van der Waals surface area contributed by atoms with E-state index in [0.717, 1.165) is 19.4 Å². The minimum Gasteiger partial charge on any atom is -0.466 e. The molecule has 0 saturated carbocycles. The number of likely N-dealkylation sites (tertiary alicyclic amines) is 1. The molecular weight excluding hydrogens is 382 g/mol. The summed E-state index contributed by atoms with van der Waals surface area (Å²) in [5.41, 5.74) is 0.336. The van der Waals surface area contributed by atoms with Crippen molar-refractivity contribution in [1.82, 2.24) is 14.9 Å². The number of hydrogen-bond acceptors (Lipinski definition) is 8. The normalized spacial score (nSPS) is 17.6. The fourth-order valence-corrected chi connectivity index (χ4v) is 4.61. The van der Waals surface area contributed by atoms with Gasteiger partial charge in [0.25, 0.3) is 5.56 Å². The first-order valence-electron chi connectivity index (χ1n) is 9.53. The van der Waals surface area contributed by atoms with Crippen molar-refractivity contribution in [2.24, 2.45) is 5.92 Å². The monoisotopic (exact) mass is 407 g/mol. The molecule has 1 atom stereocenters. The number of hydrogen-bond donors (Lipinski definition) is 1. The van der Waals surface area contributed by atoms with E-state index in [1.54, 1.807) is 20.8 Å². The lowest BCUT2D eigenvalue weighted by atomic mass is 9.98. The molecule has 9 heteroatoms. The molecule has 1 aliphatic rings. The number of H-pyrrole nitrogens is 1. The maximum atomic E-state index is 12.6. The van der Waals surface area contributed by atoms with Gasteiger partial charge in [0.15, 0.2) is 0 Å². The molecule has 3 rings (SSSR count). The zero-order valence-corrected chi connectivity index (χ0v) is 17.2. The van der Waals surface area contributed by atoms with Gasteiger partial charge in [-0.05, 0) is 45.7 Å². The number of aromatic amines is 1. The Morgan fingerprint density at radius 2 is 2.04 bits per heavy atom. The van der Waals surface area contributed by atoms with Crippen molar-refractivity contribution >= 4 is 33.5 Å². The van der Waals surface area contributed by atoms with E-state index < -0.39 is 5.97 Å². The van der Waals surface area contributed by atoms with Crippen molar-refractivity contribution in [2.75, 3.05) is 26.3 Å². The Balaban J connectivity index is 1.81. The van der Waals surface area contributed by atoms with Crippen molar-refractivity contribution < 1.29 is 19.1 Å². The third-order valence-corrected chi connectivity index (χ3v) is 5.97. The fourth-order valence-electron chi connectivity index (χ4n) is 3.52. The van der Waals surface area contributed by atoms with Gasteiger partial charge in [-0.2, -0.15) is 0 Å². The highest BCUT2D eigenvalue weighted by molar-refractivity contribution is 7.20. The summed E-state index contributed by atoms with van der Waals surface area (Å²) in [7, 11) is 0. The number of ether oxygens (including phenoxy) is 2. The molecule has 2 aromatic rings. The van der Waals surface area contributed by atoms with Crippen LogP contribution in [-0.2, 0) is 20.8 Å². The van der Waals surface area contributed by atoms with Crippen molar-refractivity contribution in [3.63, 3.8) is 0 Å². The quantitative estimate of drug-likeness (QED) is 0.733. The maximum Gasteiger partial charge on any atom is 0.348 e. The predicted octanol–water partition coefficient (Wildman–Crippen LogP) is 2.24. The molecule has 8 nitrogen and oxygen atoms in total. The average Bonchev–Trinajstić information content (AvgIpc) is 2.99. The Morgan fingerprint density at radius 1 is 1.29 bits per heavy atom. The van der Waals surface area contributed by atoms with E-state index in [1.165, 1.54) is 11.3 Å². The summed E-state index contributed by atoms with van der Waals surface area (Å²) >= 11 is 1.18. The second kappa shape index (κ2) is 8.83. The number of nitrogens with zero attached hydrogens (tertiary/aromatic N) is 2. The van der Waals surface area contributed by atoms with Gasteiger partial charge >= 0.3 is 11.9 Å². The van der Waals surface area contributed by atoms with Gasteiger partial charge in [-0.25, -0.2) is 9.78 Å². The molecule has 0 amide bonds. The molecule has 1 aliphatic heterocycles. The number of fused-ring (bicyclic) bond motifs is 1. The highest BCUT2D eigenvalue weighted by Crippen LogP contribution is 2.28. The number of aryl methyl sites for hydroxylation is 1. The largest absolute Gasteiger partial charge is 0.466 e. The van der Waals surface area contributed by atoms with Gasteiger partial charge in [0, 0.05) is 6.54 Å². The number of rotatable bonds is 6. The molecule has 0 unspecified atom stereocenters. The highest BCUT2D eigenvalue weighted by atomic mass is 32.1.